The molecule has 0 saturated carbocycles. The molecule has 0 spiro atoms. The summed E-state index contributed by atoms with van der Waals surface area (Å²) in [6, 6.07) is 12.8. The van der Waals surface area contributed by atoms with Crippen molar-refractivity contribution in [2.45, 2.75) is 12.5 Å². The molecule has 6 N–H and O–H groups in total. The number of nitrogens with one attached hydrogen (secondary N) is 1. The Balaban J connectivity index is 1.82. The number of benzene rings is 2. The number of phenolic OH excluding ortho intramolecular Hbond substituents is 1. The predicted octanol–water partition coefficient (Wildman–Crippen LogP) is 0.515. The van der Waals surface area contributed by atoms with Crippen LogP contribution in [-0.4, -0.2) is 153 Å². The Morgan fingerprint density at radius 1 is 0.660 bits per heavy atom. The van der Waals surface area contributed by atoms with Crippen LogP contribution in [-0.2, 0) is 30.4 Å². The molecule has 254 valence electrons. The summed E-state index contributed by atoms with van der Waals surface area (Å²) < 4.78 is 0. The van der Waals surface area contributed by atoms with Crippen molar-refractivity contribution in [3.8, 4) is 5.75 Å². The van der Waals surface area contributed by atoms with E-state index in [1.165, 1.54) is 18.2 Å². The first-order valence-corrected chi connectivity index (χ1v) is 15.0. The van der Waals surface area contributed by atoms with Crippen LogP contribution in [0.15, 0.2) is 54.6 Å². The van der Waals surface area contributed by atoms with Crippen LogP contribution in [0.1, 0.15) is 11.1 Å². The maximum Gasteiger partial charge on any atom is 0.317 e. The number of anilines is 1. The summed E-state index contributed by atoms with van der Waals surface area (Å²) in [5.74, 6) is -4.57. The van der Waals surface area contributed by atoms with Gasteiger partial charge in [-0.15, -0.1) is 0 Å². The number of nitrogens with zero attached hydrogens (tertiary/aromatic N) is 4. The first-order valence-electron chi connectivity index (χ1n) is 15.0. The monoisotopic (exact) mass is 655 g/mol. The van der Waals surface area contributed by atoms with Crippen molar-refractivity contribution in [2.75, 3.05) is 77.3 Å². The van der Waals surface area contributed by atoms with Crippen LogP contribution in [0.4, 0.5) is 5.69 Å². The standard InChI is InChI=1S/C32H41N5O10/c38-27-8-3-23(4-9-27)5-10-28(39)33-25-6-1-24(2-7-25)17-26-18-36(21-31(44)45)14-13-34(19-29(40)41)11-12-35(20-30(42)43)15-16-37(26)22-32(46)47/h1-10,26,38H,11-22H2,(H,33,39)(H,40,41)(H,42,43)(H,44,45)(H,46,47)/b10-5+. The van der Waals surface area contributed by atoms with E-state index in [0.29, 0.717) is 12.1 Å². The number of amides is 1. The van der Waals surface area contributed by atoms with Crippen molar-refractivity contribution < 1.29 is 49.5 Å². The van der Waals surface area contributed by atoms with Crippen LogP contribution in [0.3, 0.4) is 0 Å². The number of rotatable bonds is 13. The third-order valence-electron chi connectivity index (χ3n) is 7.58. The summed E-state index contributed by atoms with van der Waals surface area (Å²) >= 11 is 0. The predicted molar refractivity (Wildman–Crippen MR) is 171 cm³/mol. The second kappa shape index (κ2) is 18.3. The van der Waals surface area contributed by atoms with Gasteiger partial charge in [-0.3, -0.25) is 43.6 Å². The maximum absolute atomic E-state index is 12.4. The van der Waals surface area contributed by atoms with Crippen molar-refractivity contribution in [1.82, 2.24) is 19.6 Å². The van der Waals surface area contributed by atoms with Crippen molar-refractivity contribution >= 4 is 41.5 Å². The van der Waals surface area contributed by atoms with E-state index in [2.05, 4.69) is 5.32 Å². The normalized spacial score (nSPS) is 17.8. The van der Waals surface area contributed by atoms with Gasteiger partial charge in [0.15, 0.2) is 0 Å². The molecule has 1 aliphatic heterocycles. The molecule has 0 radical (unpaired) electrons. The van der Waals surface area contributed by atoms with Gasteiger partial charge in [-0.05, 0) is 47.9 Å². The van der Waals surface area contributed by atoms with Gasteiger partial charge in [0.05, 0.1) is 26.2 Å². The number of carbonyl (C=O) groups excluding carboxylic acids is 1. The SMILES string of the molecule is O=C(O)CN1CCN(CC(=O)O)CCN(CC(=O)O)C(Cc2ccc(NC(=O)/C=C/c3ccc(O)cc3)cc2)CN(CC(=O)O)CC1. The van der Waals surface area contributed by atoms with Gasteiger partial charge < -0.3 is 30.8 Å². The lowest BCUT2D eigenvalue weighted by atomic mass is 10.0. The molecule has 15 nitrogen and oxygen atoms in total. The lowest BCUT2D eigenvalue weighted by Gasteiger charge is -2.37. The van der Waals surface area contributed by atoms with Crippen LogP contribution in [0.2, 0.25) is 0 Å². The minimum absolute atomic E-state index is 0.117. The third-order valence-corrected chi connectivity index (χ3v) is 7.58. The first-order chi connectivity index (χ1) is 22.4. The van der Waals surface area contributed by atoms with Crippen LogP contribution in [0.25, 0.3) is 6.08 Å². The van der Waals surface area contributed by atoms with Gasteiger partial charge in [0.1, 0.15) is 5.75 Å². The molecule has 1 amide bonds. The van der Waals surface area contributed by atoms with Crippen LogP contribution in [0.5, 0.6) is 5.75 Å². The second-order valence-electron chi connectivity index (χ2n) is 11.3. The molecule has 1 unspecified atom stereocenters. The second-order valence-corrected chi connectivity index (χ2v) is 11.3. The van der Waals surface area contributed by atoms with E-state index in [1.54, 1.807) is 62.1 Å². The number of aliphatic carboxylic acids is 4. The third kappa shape index (κ3) is 14.0. The van der Waals surface area contributed by atoms with E-state index in [1.807, 2.05) is 0 Å². The number of carboxylic acids is 4. The smallest absolute Gasteiger partial charge is 0.317 e. The van der Waals surface area contributed by atoms with Gasteiger partial charge in [0, 0.05) is 63.6 Å². The minimum atomic E-state index is -1.09. The summed E-state index contributed by atoms with van der Waals surface area (Å²) in [6.45, 7) is 0.0657. The number of aromatic hydroxyl groups is 1. The van der Waals surface area contributed by atoms with E-state index in [4.69, 9.17) is 0 Å². The van der Waals surface area contributed by atoms with E-state index in [-0.39, 0.29) is 83.6 Å². The Labute approximate surface area is 271 Å². The highest BCUT2D eigenvalue weighted by Crippen LogP contribution is 2.17. The van der Waals surface area contributed by atoms with Gasteiger partial charge in [0.25, 0.3) is 0 Å². The highest BCUT2D eigenvalue weighted by molar-refractivity contribution is 6.01. The number of hydrogen-bond acceptors (Lipinski definition) is 10. The van der Waals surface area contributed by atoms with Crippen LogP contribution < -0.4 is 5.32 Å². The van der Waals surface area contributed by atoms with Crippen molar-refractivity contribution in [1.29, 1.82) is 0 Å². The molecule has 0 aromatic heterocycles. The lowest BCUT2D eigenvalue weighted by molar-refractivity contribution is -0.142. The van der Waals surface area contributed by atoms with Crippen LogP contribution >= 0.6 is 0 Å². The molecule has 0 aliphatic carbocycles. The topological polar surface area (TPSA) is 211 Å². The quantitative estimate of drug-likeness (QED) is 0.163. The molecule has 15 heteroatoms. The molecule has 1 aliphatic rings. The van der Waals surface area contributed by atoms with Gasteiger partial charge >= 0.3 is 23.9 Å². The van der Waals surface area contributed by atoms with Gasteiger partial charge in [-0.2, -0.15) is 0 Å². The Morgan fingerprint density at radius 2 is 1.15 bits per heavy atom. The number of hydrogen-bond donors (Lipinski definition) is 6. The van der Waals surface area contributed by atoms with Gasteiger partial charge in [-0.25, -0.2) is 0 Å². The summed E-state index contributed by atoms with van der Waals surface area (Å²) in [7, 11) is 0. The molecule has 3 rings (SSSR count). The zero-order valence-electron chi connectivity index (χ0n) is 25.9. The number of carboxylic acid groups (broad SMARTS) is 4. The highest BCUT2D eigenvalue weighted by Gasteiger charge is 2.27. The van der Waals surface area contributed by atoms with Crippen molar-refractivity contribution in [3.63, 3.8) is 0 Å². The molecule has 47 heavy (non-hydrogen) atoms. The fraction of sp³-hybridized carbons (Fsp3) is 0.406. The van der Waals surface area contributed by atoms with E-state index >= 15 is 0 Å². The van der Waals surface area contributed by atoms with Gasteiger partial charge in [-0.1, -0.05) is 24.3 Å². The fourth-order valence-electron chi connectivity index (χ4n) is 5.29. The first kappa shape index (κ1) is 36.6. The summed E-state index contributed by atoms with van der Waals surface area (Å²) in [6.07, 6.45) is 3.28. The van der Waals surface area contributed by atoms with Gasteiger partial charge in [0.2, 0.25) is 5.91 Å². The Kier molecular flexibility index (Phi) is 14.3. The lowest BCUT2D eigenvalue weighted by Crippen LogP contribution is -2.53. The van der Waals surface area contributed by atoms with Crippen molar-refractivity contribution in [2.24, 2.45) is 0 Å². The molecule has 1 heterocycles. The number of phenols is 1. The molecule has 1 saturated heterocycles. The zero-order chi connectivity index (χ0) is 34.3. The van der Waals surface area contributed by atoms with Crippen molar-refractivity contribution in [3.05, 3.63) is 65.7 Å². The molecule has 2 aromatic rings. The zero-order valence-corrected chi connectivity index (χ0v) is 25.9. The van der Waals surface area contributed by atoms with Crippen LogP contribution in [0, 0.1) is 0 Å². The Bertz CT molecular complexity index is 1400. The van der Waals surface area contributed by atoms with E-state index < -0.39 is 29.9 Å². The molecular weight excluding hydrogens is 614 g/mol. The Morgan fingerprint density at radius 3 is 1.68 bits per heavy atom. The Hall–Kier alpha value is -4.83. The summed E-state index contributed by atoms with van der Waals surface area (Å²) in [5, 5.41) is 50.4. The fourth-order valence-corrected chi connectivity index (χ4v) is 5.29. The average Bonchev–Trinajstić information content (AvgIpc) is 2.99. The largest absolute Gasteiger partial charge is 0.508 e. The van der Waals surface area contributed by atoms with E-state index in [0.717, 1.165) is 11.1 Å². The molecule has 1 atom stereocenters. The average molecular weight is 656 g/mol. The maximum atomic E-state index is 12.4. The summed E-state index contributed by atoms with van der Waals surface area (Å²) in [5.41, 5.74) is 2.04. The summed E-state index contributed by atoms with van der Waals surface area (Å²) in [4.78, 5) is 65.8. The highest BCUT2D eigenvalue weighted by atomic mass is 16.4. The minimum Gasteiger partial charge on any atom is -0.508 e. The van der Waals surface area contributed by atoms with E-state index in [9.17, 15) is 49.5 Å². The molecular formula is C32H41N5O10. The molecule has 1 fully saturated rings. The molecule has 0 bridgehead atoms. The molecule has 2 aromatic carbocycles. The number of carbonyl (C=O) groups is 5.